The first-order chi connectivity index (χ1) is 28.7. The molecule has 12 rings (SSSR count). The van der Waals surface area contributed by atoms with Crippen LogP contribution in [0.4, 0.5) is 0 Å². The van der Waals surface area contributed by atoms with Gasteiger partial charge in [-0.05, 0) is 56.4 Å². The minimum Gasteiger partial charge on any atom is -0.455 e. The molecule has 0 fully saturated rings. The molecule has 58 heavy (non-hydrogen) atoms. The second kappa shape index (κ2) is 13.1. The number of aromatic nitrogens is 3. The quantitative estimate of drug-likeness (QED) is 0.164. The SMILES string of the molecule is c1ccc(-c2nc(-c3cccc4c3sc3c(-c5ccccc5)cccc34)nc(-c3cccc4oc5c(-c6ccc7ccc8ccccc8c7c6)cccc5c34)n2)cc1. The van der Waals surface area contributed by atoms with Crippen molar-refractivity contribution in [3.8, 4) is 56.4 Å². The van der Waals surface area contributed by atoms with E-state index in [1.807, 2.05) is 30.3 Å². The summed E-state index contributed by atoms with van der Waals surface area (Å²) in [6.07, 6.45) is 0. The van der Waals surface area contributed by atoms with E-state index in [2.05, 4.69) is 158 Å². The van der Waals surface area contributed by atoms with E-state index in [1.165, 1.54) is 48.1 Å². The van der Waals surface area contributed by atoms with E-state index in [4.69, 9.17) is 19.4 Å². The normalized spacial score (nSPS) is 11.8. The standard InChI is InChI=1S/C53H31N3OS/c1-3-13-32(14-4-1)39-20-10-21-40-41-22-11-25-44(50(41)58-49(39)40)53-55-51(35-16-5-2-6-17-35)54-52(56-53)43-24-12-26-46-47(43)42-23-9-19-38(48(42)57-46)36-30-29-34-28-27-33-15-7-8-18-37(33)45(34)31-36/h1-31H. The maximum Gasteiger partial charge on any atom is 0.165 e. The van der Waals surface area contributed by atoms with E-state index < -0.39 is 0 Å². The summed E-state index contributed by atoms with van der Waals surface area (Å²) in [6, 6.07) is 66.1. The monoisotopic (exact) mass is 757 g/mol. The number of fused-ring (bicyclic) bond motifs is 9. The lowest BCUT2D eigenvalue weighted by molar-refractivity contribution is 0.670. The Bertz CT molecular complexity index is 3570. The summed E-state index contributed by atoms with van der Waals surface area (Å²) in [7, 11) is 0. The average molecular weight is 758 g/mol. The molecule has 3 heterocycles. The smallest absolute Gasteiger partial charge is 0.165 e. The van der Waals surface area contributed by atoms with Gasteiger partial charge in [0.25, 0.3) is 0 Å². The molecule has 12 aromatic rings. The minimum absolute atomic E-state index is 0.600. The zero-order chi connectivity index (χ0) is 38.2. The van der Waals surface area contributed by atoms with Crippen molar-refractivity contribution in [2.75, 3.05) is 0 Å². The number of nitrogens with zero attached hydrogens (tertiary/aromatic N) is 3. The second-order valence-corrected chi connectivity index (χ2v) is 15.7. The van der Waals surface area contributed by atoms with Crippen LogP contribution in [0, 0.1) is 0 Å². The number of benzene rings is 9. The molecule has 0 amide bonds. The molecule has 0 aliphatic rings. The highest BCUT2D eigenvalue weighted by molar-refractivity contribution is 7.26. The molecular weight excluding hydrogens is 727 g/mol. The molecule has 0 aliphatic heterocycles. The van der Waals surface area contributed by atoms with Gasteiger partial charge in [-0.15, -0.1) is 11.3 Å². The van der Waals surface area contributed by atoms with Gasteiger partial charge in [0.15, 0.2) is 17.5 Å². The molecule has 9 aromatic carbocycles. The lowest BCUT2D eigenvalue weighted by Gasteiger charge is -2.10. The Morgan fingerprint density at radius 2 is 0.897 bits per heavy atom. The van der Waals surface area contributed by atoms with Crippen LogP contribution in [0.5, 0.6) is 0 Å². The van der Waals surface area contributed by atoms with Gasteiger partial charge in [-0.2, -0.15) is 0 Å². The van der Waals surface area contributed by atoms with E-state index in [0.717, 1.165) is 54.5 Å². The summed E-state index contributed by atoms with van der Waals surface area (Å²) in [5.41, 5.74) is 9.01. The van der Waals surface area contributed by atoms with Crippen LogP contribution in [-0.2, 0) is 0 Å². The Labute approximate surface area is 337 Å². The zero-order valence-electron chi connectivity index (χ0n) is 31.1. The van der Waals surface area contributed by atoms with Gasteiger partial charge in [0.1, 0.15) is 11.2 Å². The highest BCUT2D eigenvalue weighted by atomic mass is 32.1. The highest BCUT2D eigenvalue weighted by Gasteiger charge is 2.21. The van der Waals surface area contributed by atoms with Crippen LogP contribution < -0.4 is 0 Å². The summed E-state index contributed by atoms with van der Waals surface area (Å²) in [6.45, 7) is 0. The van der Waals surface area contributed by atoms with Crippen LogP contribution in [0.15, 0.2) is 192 Å². The molecule has 0 radical (unpaired) electrons. The number of furan rings is 1. The average Bonchev–Trinajstić information content (AvgIpc) is 3.88. The van der Waals surface area contributed by atoms with Crippen LogP contribution in [0.25, 0.3) is 120 Å². The largest absolute Gasteiger partial charge is 0.455 e. The predicted octanol–water partition coefficient (Wildman–Crippen LogP) is 14.8. The summed E-state index contributed by atoms with van der Waals surface area (Å²) in [5, 5.41) is 9.32. The van der Waals surface area contributed by atoms with Gasteiger partial charge in [-0.1, -0.05) is 170 Å². The fourth-order valence-electron chi connectivity index (χ4n) is 8.61. The van der Waals surface area contributed by atoms with Gasteiger partial charge in [-0.25, -0.2) is 15.0 Å². The van der Waals surface area contributed by atoms with Gasteiger partial charge in [0.2, 0.25) is 0 Å². The molecule has 0 saturated heterocycles. The van der Waals surface area contributed by atoms with Crippen LogP contribution >= 0.6 is 11.3 Å². The molecule has 0 saturated carbocycles. The Balaban J connectivity index is 1.07. The number of para-hydroxylation sites is 1. The van der Waals surface area contributed by atoms with Crippen molar-refractivity contribution in [3.05, 3.63) is 188 Å². The van der Waals surface area contributed by atoms with Crippen molar-refractivity contribution in [2.24, 2.45) is 0 Å². The number of hydrogen-bond acceptors (Lipinski definition) is 5. The Hall–Kier alpha value is -7.47. The third-order valence-electron chi connectivity index (χ3n) is 11.3. The fourth-order valence-corrected chi connectivity index (χ4v) is 9.95. The molecule has 5 heteroatoms. The number of thiophene rings is 1. The Morgan fingerprint density at radius 3 is 1.69 bits per heavy atom. The zero-order valence-corrected chi connectivity index (χ0v) is 31.9. The molecule has 0 aliphatic carbocycles. The van der Waals surface area contributed by atoms with E-state index in [-0.39, 0.29) is 0 Å². The van der Waals surface area contributed by atoms with E-state index >= 15 is 0 Å². The summed E-state index contributed by atoms with van der Waals surface area (Å²) in [4.78, 5) is 15.7. The molecule has 4 nitrogen and oxygen atoms in total. The van der Waals surface area contributed by atoms with Gasteiger partial charge < -0.3 is 4.42 Å². The predicted molar refractivity (Wildman–Crippen MR) is 242 cm³/mol. The van der Waals surface area contributed by atoms with Crippen LogP contribution in [-0.4, -0.2) is 15.0 Å². The molecule has 0 spiro atoms. The summed E-state index contributed by atoms with van der Waals surface area (Å²) >= 11 is 1.80. The first kappa shape index (κ1) is 32.7. The maximum absolute atomic E-state index is 6.80. The van der Waals surface area contributed by atoms with E-state index in [9.17, 15) is 0 Å². The fraction of sp³-hybridized carbons (Fsp3) is 0. The van der Waals surface area contributed by atoms with E-state index in [0.29, 0.717) is 17.5 Å². The highest BCUT2D eigenvalue weighted by Crippen LogP contribution is 2.45. The lowest BCUT2D eigenvalue weighted by atomic mass is 9.96. The van der Waals surface area contributed by atoms with Crippen LogP contribution in [0.1, 0.15) is 0 Å². The van der Waals surface area contributed by atoms with Crippen molar-refractivity contribution >= 4 is 75.0 Å². The number of hydrogen-bond donors (Lipinski definition) is 0. The topological polar surface area (TPSA) is 51.8 Å². The van der Waals surface area contributed by atoms with Gasteiger partial charge in [0, 0.05) is 53.2 Å². The minimum atomic E-state index is 0.600. The summed E-state index contributed by atoms with van der Waals surface area (Å²) in [5.74, 6) is 1.86. The second-order valence-electron chi connectivity index (χ2n) is 14.7. The van der Waals surface area contributed by atoms with Gasteiger partial charge in [-0.3, -0.25) is 0 Å². The van der Waals surface area contributed by atoms with E-state index in [1.54, 1.807) is 11.3 Å². The maximum atomic E-state index is 6.80. The summed E-state index contributed by atoms with van der Waals surface area (Å²) < 4.78 is 9.20. The van der Waals surface area contributed by atoms with Gasteiger partial charge >= 0.3 is 0 Å². The molecule has 0 N–H and O–H groups in total. The Morgan fingerprint density at radius 1 is 0.345 bits per heavy atom. The van der Waals surface area contributed by atoms with Crippen molar-refractivity contribution < 1.29 is 4.42 Å². The molecule has 0 unspecified atom stereocenters. The van der Waals surface area contributed by atoms with Crippen LogP contribution in [0.2, 0.25) is 0 Å². The molecule has 0 atom stereocenters. The van der Waals surface area contributed by atoms with Crippen molar-refractivity contribution in [3.63, 3.8) is 0 Å². The van der Waals surface area contributed by atoms with Gasteiger partial charge in [0.05, 0.1) is 0 Å². The molecule has 0 bridgehead atoms. The third-order valence-corrected chi connectivity index (χ3v) is 12.6. The molecule has 3 aromatic heterocycles. The molecule has 270 valence electrons. The van der Waals surface area contributed by atoms with Crippen molar-refractivity contribution in [1.82, 2.24) is 15.0 Å². The number of rotatable bonds is 5. The lowest BCUT2D eigenvalue weighted by Crippen LogP contribution is -2.00. The van der Waals surface area contributed by atoms with Crippen molar-refractivity contribution in [1.29, 1.82) is 0 Å². The third kappa shape index (κ3) is 5.18. The first-order valence-corrected chi connectivity index (χ1v) is 20.2. The van der Waals surface area contributed by atoms with Crippen molar-refractivity contribution in [2.45, 2.75) is 0 Å². The first-order valence-electron chi connectivity index (χ1n) is 19.4. The Kier molecular flexibility index (Phi) is 7.37. The molecular formula is C53H31N3OS. The van der Waals surface area contributed by atoms with Crippen LogP contribution in [0.3, 0.4) is 0 Å².